The van der Waals surface area contributed by atoms with Gasteiger partial charge in [-0.25, -0.2) is 4.98 Å². The van der Waals surface area contributed by atoms with E-state index in [0.717, 1.165) is 17.0 Å². The molecule has 5 nitrogen and oxygen atoms in total. The third-order valence-electron chi connectivity index (χ3n) is 2.64. The second-order valence-electron chi connectivity index (χ2n) is 3.67. The lowest BCUT2D eigenvalue weighted by Gasteiger charge is -2.05. The van der Waals surface area contributed by atoms with Crippen LogP contribution >= 0.6 is 0 Å². The summed E-state index contributed by atoms with van der Waals surface area (Å²) in [6, 6.07) is 1.82. The van der Waals surface area contributed by atoms with Crippen LogP contribution in [0.2, 0.25) is 0 Å². The molecule has 2 aromatic heterocycles. The monoisotopic (exact) mass is 218 g/mol. The van der Waals surface area contributed by atoms with Crippen molar-refractivity contribution < 1.29 is 0 Å². The Kier molecular flexibility index (Phi) is 2.60. The summed E-state index contributed by atoms with van der Waals surface area (Å²) in [5.74, 6) is 0.569. The molecule has 0 aromatic carbocycles. The predicted octanol–water partition coefficient (Wildman–Crippen LogP) is 1.04. The number of nitrogens with zero attached hydrogens (tertiary/aromatic N) is 3. The van der Waals surface area contributed by atoms with Crippen LogP contribution in [0, 0.1) is 6.92 Å². The van der Waals surface area contributed by atoms with Crippen LogP contribution in [-0.2, 0) is 13.5 Å². The SMILES string of the molecule is CCc1c(C)nc(-c2ccnn2C)[nH]c1=O. The molecule has 0 amide bonds. The second-order valence-corrected chi connectivity index (χ2v) is 3.67. The molecule has 0 aliphatic carbocycles. The van der Waals surface area contributed by atoms with Crippen molar-refractivity contribution in [3.8, 4) is 11.5 Å². The maximum absolute atomic E-state index is 11.8. The number of aromatic nitrogens is 4. The van der Waals surface area contributed by atoms with Gasteiger partial charge < -0.3 is 4.98 Å². The van der Waals surface area contributed by atoms with Crippen LogP contribution in [-0.4, -0.2) is 19.7 Å². The lowest BCUT2D eigenvalue weighted by Crippen LogP contribution is -2.17. The summed E-state index contributed by atoms with van der Waals surface area (Å²) in [6.45, 7) is 3.80. The highest BCUT2D eigenvalue weighted by atomic mass is 16.1. The fraction of sp³-hybridized carbons (Fsp3) is 0.364. The Morgan fingerprint density at radius 1 is 1.50 bits per heavy atom. The van der Waals surface area contributed by atoms with Crippen LogP contribution in [0.5, 0.6) is 0 Å². The summed E-state index contributed by atoms with van der Waals surface area (Å²) in [6.07, 6.45) is 2.37. The summed E-state index contributed by atoms with van der Waals surface area (Å²) >= 11 is 0. The van der Waals surface area contributed by atoms with Crippen LogP contribution in [0.4, 0.5) is 0 Å². The third-order valence-corrected chi connectivity index (χ3v) is 2.64. The minimum Gasteiger partial charge on any atom is -0.305 e. The number of hydrogen-bond donors (Lipinski definition) is 1. The molecule has 0 spiro atoms. The molecular weight excluding hydrogens is 204 g/mol. The highest BCUT2D eigenvalue weighted by Gasteiger charge is 2.09. The molecule has 0 unspecified atom stereocenters. The van der Waals surface area contributed by atoms with E-state index >= 15 is 0 Å². The van der Waals surface area contributed by atoms with Crippen molar-refractivity contribution in [1.82, 2.24) is 19.7 Å². The normalized spacial score (nSPS) is 10.7. The zero-order chi connectivity index (χ0) is 11.7. The van der Waals surface area contributed by atoms with Gasteiger partial charge in [0.25, 0.3) is 5.56 Å². The minimum absolute atomic E-state index is 0.0637. The van der Waals surface area contributed by atoms with Gasteiger partial charge in [-0.3, -0.25) is 9.48 Å². The summed E-state index contributed by atoms with van der Waals surface area (Å²) in [7, 11) is 1.82. The first-order valence-corrected chi connectivity index (χ1v) is 5.21. The lowest BCUT2D eigenvalue weighted by molar-refractivity contribution is 0.767. The molecule has 2 rings (SSSR count). The van der Waals surface area contributed by atoms with Gasteiger partial charge in [-0.1, -0.05) is 6.92 Å². The lowest BCUT2D eigenvalue weighted by atomic mass is 10.2. The van der Waals surface area contributed by atoms with Gasteiger partial charge >= 0.3 is 0 Å². The topological polar surface area (TPSA) is 63.6 Å². The molecule has 84 valence electrons. The Labute approximate surface area is 93.2 Å². The molecule has 0 fully saturated rings. The average molecular weight is 218 g/mol. The number of hydrogen-bond acceptors (Lipinski definition) is 3. The molecule has 0 saturated carbocycles. The fourth-order valence-electron chi connectivity index (χ4n) is 1.75. The Hall–Kier alpha value is -1.91. The van der Waals surface area contributed by atoms with Crippen LogP contribution in [0.25, 0.3) is 11.5 Å². The van der Waals surface area contributed by atoms with E-state index in [1.54, 1.807) is 10.9 Å². The van der Waals surface area contributed by atoms with E-state index in [1.165, 1.54) is 0 Å². The van der Waals surface area contributed by atoms with Crippen molar-refractivity contribution in [3.05, 3.63) is 33.9 Å². The van der Waals surface area contributed by atoms with Gasteiger partial charge in [0.15, 0.2) is 5.82 Å². The number of aryl methyl sites for hydroxylation is 2. The summed E-state index contributed by atoms with van der Waals surface area (Å²) in [5.41, 5.74) is 2.27. The molecule has 0 atom stereocenters. The van der Waals surface area contributed by atoms with Crippen molar-refractivity contribution in [2.45, 2.75) is 20.3 Å². The first kappa shape index (κ1) is 10.6. The Balaban J connectivity index is 2.61. The van der Waals surface area contributed by atoms with Crippen molar-refractivity contribution in [2.24, 2.45) is 7.05 Å². The number of rotatable bonds is 2. The zero-order valence-electron chi connectivity index (χ0n) is 9.61. The molecule has 0 saturated heterocycles. The second kappa shape index (κ2) is 3.92. The molecular formula is C11H14N4O. The largest absolute Gasteiger partial charge is 0.305 e. The van der Waals surface area contributed by atoms with Gasteiger partial charge in [-0.2, -0.15) is 5.10 Å². The standard InChI is InChI=1S/C11H14N4O/c1-4-8-7(2)13-10(14-11(8)16)9-5-6-12-15(9)3/h5-6H,4H2,1-3H3,(H,13,14,16). The van der Waals surface area contributed by atoms with E-state index < -0.39 is 0 Å². The van der Waals surface area contributed by atoms with Crippen LogP contribution < -0.4 is 5.56 Å². The van der Waals surface area contributed by atoms with Gasteiger partial charge in [-0.05, 0) is 19.4 Å². The molecule has 0 aliphatic rings. The molecule has 5 heteroatoms. The molecule has 1 N–H and O–H groups in total. The molecule has 2 aromatic rings. The molecule has 0 aliphatic heterocycles. The van der Waals surface area contributed by atoms with E-state index in [9.17, 15) is 4.79 Å². The van der Waals surface area contributed by atoms with E-state index in [4.69, 9.17) is 0 Å². The fourth-order valence-corrected chi connectivity index (χ4v) is 1.75. The third kappa shape index (κ3) is 1.64. The van der Waals surface area contributed by atoms with Crippen molar-refractivity contribution in [1.29, 1.82) is 0 Å². The Morgan fingerprint density at radius 2 is 2.25 bits per heavy atom. The number of nitrogens with one attached hydrogen (secondary N) is 1. The quantitative estimate of drug-likeness (QED) is 0.819. The first-order chi connectivity index (χ1) is 7.63. The van der Waals surface area contributed by atoms with Gasteiger partial charge in [0, 0.05) is 24.5 Å². The highest BCUT2D eigenvalue weighted by Crippen LogP contribution is 2.12. The van der Waals surface area contributed by atoms with Crippen LogP contribution in [0.15, 0.2) is 17.1 Å². The van der Waals surface area contributed by atoms with Crippen LogP contribution in [0.1, 0.15) is 18.2 Å². The van der Waals surface area contributed by atoms with Crippen molar-refractivity contribution in [3.63, 3.8) is 0 Å². The highest BCUT2D eigenvalue weighted by molar-refractivity contribution is 5.49. The smallest absolute Gasteiger partial charge is 0.254 e. The minimum atomic E-state index is -0.0637. The molecule has 0 radical (unpaired) electrons. The van der Waals surface area contributed by atoms with Gasteiger partial charge in [0.05, 0.1) is 0 Å². The number of aromatic amines is 1. The predicted molar refractivity (Wildman–Crippen MR) is 61.2 cm³/mol. The van der Waals surface area contributed by atoms with E-state index in [0.29, 0.717) is 12.2 Å². The van der Waals surface area contributed by atoms with E-state index in [-0.39, 0.29) is 5.56 Å². The van der Waals surface area contributed by atoms with Crippen molar-refractivity contribution in [2.75, 3.05) is 0 Å². The summed E-state index contributed by atoms with van der Waals surface area (Å²) in [4.78, 5) is 18.9. The maximum atomic E-state index is 11.8. The Morgan fingerprint density at radius 3 is 2.75 bits per heavy atom. The summed E-state index contributed by atoms with van der Waals surface area (Å²) < 4.78 is 1.68. The average Bonchev–Trinajstić information content (AvgIpc) is 2.64. The van der Waals surface area contributed by atoms with E-state index in [1.807, 2.05) is 27.0 Å². The first-order valence-electron chi connectivity index (χ1n) is 5.21. The maximum Gasteiger partial charge on any atom is 0.254 e. The van der Waals surface area contributed by atoms with Gasteiger partial charge in [0.1, 0.15) is 5.69 Å². The van der Waals surface area contributed by atoms with Gasteiger partial charge in [-0.15, -0.1) is 0 Å². The molecule has 0 bridgehead atoms. The van der Waals surface area contributed by atoms with E-state index in [2.05, 4.69) is 15.1 Å². The molecule has 16 heavy (non-hydrogen) atoms. The van der Waals surface area contributed by atoms with Crippen LogP contribution in [0.3, 0.4) is 0 Å². The zero-order valence-corrected chi connectivity index (χ0v) is 9.61. The van der Waals surface area contributed by atoms with Gasteiger partial charge in [0.2, 0.25) is 0 Å². The summed E-state index contributed by atoms with van der Waals surface area (Å²) in [5, 5.41) is 4.05. The number of H-pyrrole nitrogens is 1. The van der Waals surface area contributed by atoms with Crippen molar-refractivity contribution >= 4 is 0 Å². The molecule has 2 heterocycles. The Bertz CT molecular complexity index is 568.